The van der Waals surface area contributed by atoms with Crippen LogP contribution in [0.25, 0.3) is 32.3 Å². The van der Waals surface area contributed by atoms with Gasteiger partial charge in [0.1, 0.15) is 12.2 Å². The molecule has 0 heterocycles. The van der Waals surface area contributed by atoms with Gasteiger partial charge in [0.05, 0.1) is 6.61 Å². The Morgan fingerprint density at radius 1 is 0.508 bits per heavy atom. The molecule has 0 radical (unpaired) electrons. The Bertz CT molecular complexity index is 1900. The molecule has 6 heteroatoms. The summed E-state index contributed by atoms with van der Waals surface area (Å²) >= 11 is 0. The van der Waals surface area contributed by atoms with Gasteiger partial charge in [0.2, 0.25) is 0 Å². The summed E-state index contributed by atoms with van der Waals surface area (Å²) in [5.41, 5.74) is 3.13. The maximum atomic E-state index is 12.6. The zero-order valence-electron chi connectivity index (χ0n) is 36.5. The minimum Gasteiger partial charge on any atom is -0.394 e. The van der Waals surface area contributed by atoms with Crippen molar-refractivity contribution in [3.63, 3.8) is 0 Å². The second-order valence-electron chi connectivity index (χ2n) is 17.0. The number of aliphatic hydroxyl groups excluding tert-OH is 3. The van der Waals surface area contributed by atoms with Crippen molar-refractivity contribution >= 4 is 49.7 Å². The van der Waals surface area contributed by atoms with Crippen LogP contribution in [0.4, 0.5) is 0 Å². The maximum absolute atomic E-state index is 12.6. The molecule has 6 nitrogen and oxygen atoms in total. The van der Waals surface area contributed by atoms with Crippen LogP contribution in [-0.4, -0.2) is 51.5 Å². The summed E-state index contributed by atoms with van der Waals surface area (Å²) in [4.78, 5) is 36.3. The van der Waals surface area contributed by atoms with E-state index >= 15 is 0 Å². The molecule has 1 aliphatic carbocycles. The van der Waals surface area contributed by atoms with Crippen molar-refractivity contribution < 1.29 is 29.7 Å². The number of aryl methyl sites for hydroxylation is 1. The summed E-state index contributed by atoms with van der Waals surface area (Å²) in [7, 11) is 0. The standard InChI is InChI=1S/C44H56O2.C9H18O4/c1-2-3-4-5-6-12-15-18-24-39-40(42(46)33-32-41(39)45)25-19-16-13-10-8-7-9-11-14-17-21-34-26-27-37-29-28-35-22-20-23-36-30-31-38(34)44(37)43(35)36;1-2-3-4-5-7(11)9(13)8(12)6-10/h20,22-23,26-33H,2-19,21,24-25H2,1H3;8-10,12-13H,2-6H2,1H3/t;8-,9?/m.0/s1. The zero-order chi connectivity index (χ0) is 42.2. The molecule has 322 valence electrons. The second-order valence-corrected chi connectivity index (χ2v) is 17.0. The zero-order valence-corrected chi connectivity index (χ0v) is 36.5. The summed E-state index contributed by atoms with van der Waals surface area (Å²) in [6, 6.07) is 20.5. The minimum absolute atomic E-state index is 0.0772. The lowest BCUT2D eigenvalue weighted by molar-refractivity contribution is -0.134. The molecule has 5 rings (SSSR count). The summed E-state index contributed by atoms with van der Waals surface area (Å²) in [5.74, 6) is -0.239. The number of carbonyl (C=O) groups excluding carboxylic acids is 3. The van der Waals surface area contributed by atoms with E-state index in [1.165, 1.54) is 140 Å². The fourth-order valence-electron chi connectivity index (χ4n) is 8.69. The van der Waals surface area contributed by atoms with Gasteiger partial charge < -0.3 is 15.3 Å². The predicted octanol–water partition coefficient (Wildman–Crippen LogP) is 12.8. The highest BCUT2D eigenvalue weighted by molar-refractivity contribution is 6.23. The van der Waals surface area contributed by atoms with Gasteiger partial charge in [0.25, 0.3) is 0 Å². The van der Waals surface area contributed by atoms with E-state index in [9.17, 15) is 14.4 Å². The number of unbranched alkanes of at least 4 members (excludes halogenated alkanes) is 18. The molecule has 1 aliphatic rings. The molecule has 0 fully saturated rings. The normalized spacial score (nSPS) is 14.1. The topological polar surface area (TPSA) is 112 Å². The number of aliphatic hydroxyl groups is 3. The molecule has 0 aromatic heterocycles. The molecule has 0 spiro atoms. The largest absolute Gasteiger partial charge is 0.394 e. The van der Waals surface area contributed by atoms with Crippen molar-refractivity contribution in [3.05, 3.63) is 83.5 Å². The highest BCUT2D eigenvalue weighted by Crippen LogP contribution is 2.36. The molecule has 0 bridgehead atoms. The van der Waals surface area contributed by atoms with Crippen molar-refractivity contribution in [2.24, 2.45) is 0 Å². The molecule has 0 aliphatic heterocycles. The van der Waals surface area contributed by atoms with E-state index in [0.29, 0.717) is 0 Å². The molecular formula is C53H74O6. The van der Waals surface area contributed by atoms with Crippen molar-refractivity contribution in [2.75, 3.05) is 6.61 Å². The van der Waals surface area contributed by atoms with Gasteiger partial charge in [-0.2, -0.15) is 0 Å². The van der Waals surface area contributed by atoms with Crippen LogP contribution in [0.2, 0.25) is 0 Å². The van der Waals surface area contributed by atoms with Gasteiger partial charge in [-0.25, -0.2) is 0 Å². The van der Waals surface area contributed by atoms with E-state index in [1.54, 1.807) is 0 Å². The number of ketones is 3. The summed E-state index contributed by atoms with van der Waals surface area (Å²) < 4.78 is 0. The first-order valence-corrected chi connectivity index (χ1v) is 23.4. The van der Waals surface area contributed by atoms with E-state index in [0.717, 1.165) is 75.4 Å². The number of benzene rings is 4. The third kappa shape index (κ3) is 15.4. The molecule has 1 unspecified atom stereocenters. The van der Waals surface area contributed by atoms with Gasteiger partial charge in [-0.15, -0.1) is 0 Å². The van der Waals surface area contributed by atoms with Crippen LogP contribution < -0.4 is 0 Å². The lowest BCUT2D eigenvalue weighted by Crippen LogP contribution is -2.36. The van der Waals surface area contributed by atoms with Gasteiger partial charge in [0.15, 0.2) is 17.3 Å². The lowest BCUT2D eigenvalue weighted by atomic mass is 9.88. The van der Waals surface area contributed by atoms with Crippen LogP contribution in [0.5, 0.6) is 0 Å². The van der Waals surface area contributed by atoms with Crippen LogP contribution >= 0.6 is 0 Å². The van der Waals surface area contributed by atoms with Crippen LogP contribution in [0.1, 0.15) is 174 Å². The molecule has 2 atom stereocenters. The molecule has 0 saturated carbocycles. The average molecular weight is 807 g/mol. The first kappa shape index (κ1) is 48.0. The first-order valence-electron chi connectivity index (χ1n) is 23.4. The number of allylic oxidation sites excluding steroid dienone is 4. The van der Waals surface area contributed by atoms with Crippen LogP contribution in [0.3, 0.4) is 0 Å². The Kier molecular flexibility index (Phi) is 22.1. The lowest BCUT2D eigenvalue weighted by Gasteiger charge is -2.15. The van der Waals surface area contributed by atoms with Gasteiger partial charge in [-0.05, 0) is 95.0 Å². The third-order valence-corrected chi connectivity index (χ3v) is 12.3. The molecule has 0 amide bonds. The molecule has 0 saturated heterocycles. The van der Waals surface area contributed by atoms with Crippen LogP contribution in [0.15, 0.2) is 77.9 Å². The highest BCUT2D eigenvalue weighted by atomic mass is 16.4. The summed E-state index contributed by atoms with van der Waals surface area (Å²) in [5, 5.41) is 34.9. The highest BCUT2D eigenvalue weighted by Gasteiger charge is 2.23. The quantitative estimate of drug-likeness (QED) is 0.0286. The Balaban J connectivity index is 0.000000509. The Hall–Kier alpha value is -3.71. The SMILES string of the molecule is CCCCCC(=O)C(O)[C@@H](O)CO.CCCCCCCCCCC1=C(CCCCCCCCCCCCc2ccc3ccc4cccc5ccc2c3c45)C(=O)C=CC1=O. The van der Waals surface area contributed by atoms with E-state index < -0.39 is 24.6 Å². The maximum Gasteiger partial charge on any atom is 0.182 e. The van der Waals surface area contributed by atoms with Gasteiger partial charge in [-0.3, -0.25) is 14.4 Å². The van der Waals surface area contributed by atoms with Crippen molar-refractivity contribution in [2.45, 2.75) is 187 Å². The Morgan fingerprint density at radius 2 is 0.932 bits per heavy atom. The summed E-state index contributed by atoms with van der Waals surface area (Å²) in [6.07, 6.45) is 28.4. The minimum atomic E-state index is -1.43. The number of Topliss-reactive ketones (excluding diaryl/α,β-unsaturated/α-hetero) is 1. The molecule has 4 aromatic carbocycles. The van der Waals surface area contributed by atoms with Crippen LogP contribution in [-0.2, 0) is 20.8 Å². The second kappa shape index (κ2) is 27.2. The van der Waals surface area contributed by atoms with E-state index in [1.807, 2.05) is 6.92 Å². The first-order chi connectivity index (χ1) is 28.8. The predicted molar refractivity (Wildman–Crippen MR) is 246 cm³/mol. The van der Waals surface area contributed by atoms with E-state index in [4.69, 9.17) is 15.3 Å². The Labute approximate surface area is 354 Å². The molecule has 4 aromatic rings. The average Bonchev–Trinajstić information content (AvgIpc) is 3.25. The van der Waals surface area contributed by atoms with Crippen molar-refractivity contribution in [1.29, 1.82) is 0 Å². The van der Waals surface area contributed by atoms with E-state index in [2.05, 4.69) is 61.5 Å². The van der Waals surface area contributed by atoms with Gasteiger partial charge in [0, 0.05) is 17.6 Å². The number of hydrogen-bond acceptors (Lipinski definition) is 6. The number of carbonyl (C=O) groups is 3. The molecular weight excluding hydrogens is 733 g/mol. The fourth-order valence-corrected chi connectivity index (χ4v) is 8.69. The number of hydrogen-bond donors (Lipinski definition) is 3. The van der Waals surface area contributed by atoms with Crippen molar-refractivity contribution in [3.8, 4) is 0 Å². The monoisotopic (exact) mass is 807 g/mol. The van der Waals surface area contributed by atoms with E-state index in [-0.39, 0.29) is 18.0 Å². The molecule has 3 N–H and O–H groups in total. The number of rotatable bonds is 29. The van der Waals surface area contributed by atoms with Gasteiger partial charge in [-0.1, -0.05) is 178 Å². The Morgan fingerprint density at radius 3 is 1.44 bits per heavy atom. The van der Waals surface area contributed by atoms with Crippen LogP contribution in [0, 0.1) is 0 Å². The summed E-state index contributed by atoms with van der Waals surface area (Å²) in [6.45, 7) is 3.69. The fraction of sp³-hybridized carbons (Fsp3) is 0.566. The third-order valence-electron chi connectivity index (χ3n) is 12.3. The van der Waals surface area contributed by atoms with Gasteiger partial charge >= 0.3 is 0 Å². The van der Waals surface area contributed by atoms with Crippen molar-refractivity contribution in [1.82, 2.24) is 0 Å². The smallest absolute Gasteiger partial charge is 0.182 e. The molecule has 59 heavy (non-hydrogen) atoms.